The summed E-state index contributed by atoms with van der Waals surface area (Å²) in [5.74, 6) is 0.411. The van der Waals surface area contributed by atoms with Gasteiger partial charge in [-0.25, -0.2) is 0 Å². The Morgan fingerprint density at radius 2 is 1.80 bits per heavy atom. The first kappa shape index (κ1) is 9.91. The van der Waals surface area contributed by atoms with Gasteiger partial charge < -0.3 is 0 Å². The third kappa shape index (κ3) is 2.66. The van der Waals surface area contributed by atoms with Crippen LogP contribution in [-0.4, -0.2) is 5.71 Å². The molecule has 0 aromatic heterocycles. The van der Waals surface area contributed by atoms with Crippen LogP contribution in [-0.2, 0) is 6.54 Å². The molecule has 0 amide bonds. The predicted molar refractivity (Wildman–Crippen MR) is 65.0 cm³/mol. The van der Waals surface area contributed by atoms with E-state index in [-0.39, 0.29) is 0 Å². The number of rotatable bonds is 3. The molecule has 0 atom stereocenters. The topological polar surface area (TPSA) is 12.4 Å². The number of nitrogens with zero attached hydrogens (tertiary/aromatic N) is 1. The molecule has 1 nitrogen and oxygen atoms in total. The lowest BCUT2D eigenvalue weighted by Gasteiger charge is -2.04. The smallest absolute Gasteiger partial charge is 0.0639 e. The van der Waals surface area contributed by atoms with E-state index < -0.39 is 0 Å². The Balaban J connectivity index is 1.99. The summed E-state index contributed by atoms with van der Waals surface area (Å²) in [4.78, 5) is 4.59. The normalized spacial score (nSPS) is 16.2. The molecule has 1 aliphatic rings. The molecule has 15 heavy (non-hydrogen) atoms. The zero-order valence-corrected chi connectivity index (χ0v) is 8.93. The minimum atomic E-state index is 0.411. The van der Waals surface area contributed by atoms with Crippen molar-refractivity contribution < 1.29 is 0 Å². The first-order valence-electron chi connectivity index (χ1n) is 5.26. The van der Waals surface area contributed by atoms with Gasteiger partial charge in [0.05, 0.1) is 6.54 Å². The Hall–Kier alpha value is -1.63. The molecule has 0 heterocycles. The van der Waals surface area contributed by atoms with Crippen molar-refractivity contribution in [1.82, 2.24) is 0 Å². The van der Waals surface area contributed by atoms with E-state index in [1.54, 1.807) is 0 Å². The summed E-state index contributed by atoms with van der Waals surface area (Å²) < 4.78 is 0. The Morgan fingerprint density at radius 1 is 1.13 bits per heavy atom. The Bertz CT molecular complexity index is 387. The van der Waals surface area contributed by atoms with Gasteiger partial charge in [-0.2, -0.15) is 0 Å². The van der Waals surface area contributed by atoms with Gasteiger partial charge >= 0.3 is 0 Å². The second-order valence-electron chi connectivity index (χ2n) is 3.74. The van der Waals surface area contributed by atoms with Crippen molar-refractivity contribution >= 4 is 5.71 Å². The summed E-state index contributed by atoms with van der Waals surface area (Å²) in [5, 5.41) is 0. The lowest BCUT2D eigenvalue weighted by atomic mass is 10.1. The first-order valence-corrected chi connectivity index (χ1v) is 5.26. The molecular weight excluding hydrogens is 182 g/mol. The second-order valence-corrected chi connectivity index (χ2v) is 3.74. The van der Waals surface area contributed by atoms with Crippen LogP contribution in [0.15, 0.2) is 59.6 Å². The fourth-order valence-corrected chi connectivity index (χ4v) is 1.62. The Labute approximate surface area is 90.9 Å². The van der Waals surface area contributed by atoms with E-state index in [2.05, 4.69) is 60.5 Å². The lowest BCUT2D eigenvalue weighted by Crippen LogP contribution is -2.03. The average molecular weight is 197 g/mol. The molecule has 1 aromatic carbocycles. The molecule has 0 spiro atoms. The number of aliphatic imine (C=N–C) groups is 1. The molecule has 0 bridgehead atoms. The van der Waals surface area contributed by atoms with Crippen molar-refractivity contribution in [2.45, 2.75) is 13.5 Å². The maximum absolute atomic E-state index is 4.59. The van der Waals surface area contributed by atoms with Crippen LogP contribution in [0.2, 0.25) is 0 Å². The summed E-state index contributed by atoms with van der Waals surface area (Å²) in [7, 11) is 0. The summed E-state index contributed by atoms with van der Waals surface area (Å²) in [6.07, 6.45) is 8.49. The number of hydrogen-bond donors (Lipinski definition) is 0. The maximum atomic E-state index is 4.59. The molecule has 1 aromatic rings. The molecular formula is C14H15N. The molecule has 76 valence electrons. The average Bonchev–Trinajstić information content (AvgIpc) is 2.81. The molecule has 1 heteroatoms. The van der Waals surface area contributed by atoms with Crippen molar-refractivity contribution in [3.05, 3.63) is 60.2 Å². The van der Waals surface area contributed by atoms with Crippen LogP contribution < -0.4 is 0 Å². The van der Waals surface area contributed by atoms with Crippen LogP contribution in [0.5, 0.6) is 0 Å². The maximum Gasteiger partial charge on any atom is 0.0639 e. The van der Waals surface area contributed by atoms with E-state index in [4.69, 9.17) is 0 Å². The van der Waals surface area contributed by atoms with Crippen LogP contribution in [0.1, 0.15) is 12.5 Å². The van der Waals surface area contributed by atoms with Gasteiger partial charge in [0.1, 0.15) is 0 Å². The van der Waals surface area contributed by atoms with Gasteiger partial charge in [0, 0.05) is 11.6 Å². The van der Waals surface area contributed by atoms with Crippen LogP contribution in [0, 0.1) is 5.92 Å². The van der Waals surface area contributed by atoms with Crippen molar-refractivity contribution in [3.63, 3.8) is 0 Å². The number of benzene rings is 1. The number of allylic oxidation sites excluding steroid dienone is 4. The largest absolute Gasteiger partial charge is 0.289 e. The molecule has 0 N–H and O–H groups in total. The Kier molecular flexibility index (Phi) is 3.13. The standard InChI is InChI=1S/C14H15N/c1-12(14-9-5-6-10-14)15-11-13-7-3-2-4-8-13/h2-10,14H,11H2,1H3. The molecule has 1 aliphatic carbocycles. The van der Waals surface area contributed by atoms with Crippen LogP contribution in [0.4, 0.5) is 0 Å². The zero-order chi connectivity index (χ0) is 10.5. The third-order valence-electron chi connectivity index (χ3n) is 2.58. The summed E-state index contributed by atoms with van der Waals surface area (Å²) >= 11 is 0. The van der Waals surface area contributed by atoms with Gasteiger partial charge in [-0.05, 0) is 12.5 Å². The van der Waals surface area contributed by atoms with E-state index in [0.717, 1.165) is 6.54 Å². The molecule has 0 unspecified atom stereocenters. The van der Waals surface area contributed by atoms with Crippen LogP contribution in [0.25, 0.3) is 0 Å². The quantitative estimate of drug-likeness (QED) is 0.659. The summed E-state index contributed by atoms with van der Waals surface area (Å²) in [6.45, 7) is 2.87. The van der Waals surface area contributed by atoms with Gasteiger partial charge in [-0.1, -0.05) is 54.6 Å². The molecule has 0 saturated heterocycles. The van der Waals surface area contributed by atoms with Crippen molar-refractivity contribution in [3.8, 4) is 0 Å². The van der Waals surface area contributed by atoms with Gasteiger partial charge in [-0.3, -0.25) is 4.99 Å². The molecule has 0 aliphatic heterocycles. The molecule has 0 fully saturated rings. The van der Waals surface area contributed by atoms with E-state index in [1.807, 2.05) is 6.07 Å². The summed E-state index contributed by atoms with van der Waals surface area (Å²) in [5.41, 5.74) is 2.45. The first-order chi connectivity index (χ1) is 7.36. The van der Waals surface area contributed by atoms with E-state index in [1.165, 1.54) is 11.3 Å². The fourth-order valence-electron chi connectivity index (χ4n) is 1.62. The molecule has 0 radical (unpaired) electrons. The highest BCUT2D eigenvalue weighted by Crippen LogP contribution is 2.12. The Morgan fingerprint density at radius 3 is 2.47 bits per heavy atom. The van der Waals surface area contributed by atoms with Crippen molar-refractivity contribution in [1.29, 1.82) is 0 Å². The van der Waals surface area contributed by atoms with Crippen molar-refractivity contribution in [2.75, 3.05) is 0 Å². The van der Waals surface area contributed by atoms with Crippen LogP contribution >= 0.6 is 0 Å². The highest BCUT2D eigenvalue weighted by Gasteiger charge is 2.06. The van der Waals surface area contributed by atoms with Gasteiger partial charge in [0.15, 0.2) is 0 Å². The molecule has 2 rings (SSSR count). The summed E-state index contributed by atoms with van der Waals surface area (Å²) in [6, 6.07) is 10.3. The van der Waals surface area contributed by atoms with E-state index in [0.29, 0.717) is 5.92 Å². The monoisotopic (exact) mass is 197 g/mol. The third-order valence-corrected chi connectivity index (χ3v) is 2.58. The van der Waals surface area contributed by atoms with Crippen LogP contribution in [0.3, 0.4) is 0 Å². The zero-order valence-electron chi connectivity index (χ0n) is 8.93. The van der Waals surface area contributed by atoms with Gasteiger partial charge in [-0.15, -0.1) is 0 Å². The highest BCUT2D eigenvalue weighted by atomic mass is 14.7. The SMILES string of the molecule is CC(=NCc1ccccc1)C1C=CC=C1. The minimum Gasteiger partial charge on any atom is -0.289 e. The predicted octanol–water partition coefficient (Wildman–Crippen LogP) is 3.39. The minimum absolute atomic E-state index is 0.411. The fraction of sp³-hybridized carbons (Fsp3) is 0.214. The van der Waals surface area contributed by atoms with E-state index >= 15 is 0 Å². The second kappa shape index (κ2) is 4.74. The number of hydrogen-bond acceptors (Lipinski definition) is 1. The molecule has 0 saturated carbocycles. The van der Waals surface area contributed by atoms with Gasteiger partial charge in [0.25, 0.3) is 0 Å². The van der Waals surface area contributed by atoms with Gasteiger partial charge in [0.2, 0.25) is 0 Å². The highest BCUT2D eigenvalue weighted by molar-refractivity contribution is 5.88. The van der Waals surface area contributed by atoms with E-state index in [9.17, 15) is 0 Å². The lowest BCUT2D eigenvalue weighted by molar-refractivity contribution is 1.02. The van der Waals surface area contributed by atoms with Crippen molar-refractivity contribution in [2.24, 2.45) is 10.9 Å².